The average molecular weight is 879 g/mol. The summed E-state index contributed by atoms with van der Waals surface area (Å²) in [5.41, 5.74) is 2.84. The average Bonchev–Trinajstić information content (AvgIpc) is 2.84. The van der Waals surface area contributed by atoms with Crippen LogP contribution in [0.2, 0.25) is 0 Å². The van der Waals surface area contributed by atoms with E-state index in [1.807, 2.05) is 51.2 Å². The molecular weight excluding hydrogens is 863 g/mol. The maximum atomic E-state index is 14.0. The maximum absolute atomic E-state index is 14.0. The van der Waals surface area contributed by atoms with E-state index in [4.69, 9.17) is 4.74 Å². The lowest BCUT2D eigenvalue weighted by molar-refractivity contribution is -0.151. The minimum Gasteiger partial charge on any atom is -0.743 e. The van der Waals surface area contributed by atoms with Crippen LogP contribution in [0.25, 0.3) is 16.8 Å². The van der Waals surface area contributed by atoms with E-state index in [-0.39, 0.29) is 0 Å². The van der Waals surface area contributed by atoms with Gasteiger partial charge in [0.1, 0.15) is 0 Å². The van der Waals surface area contributed by atoms with Crippen LogP contribution in [0.3, 0.4) is 0 Å². The van der Waals surface area contributed by atoms with Gasteiger partial charge in [0, 0.05) is 10.7 Å². The molecule has 7 nitrogen and oxygen atoms in total. The molecule has 13 heteroatoms. The number of hydrogen-bond acceptors (Lipinski definition) is 7. The lowest BCUT2D eigenvalue weighted by Gasteiger charge is -2.22. The first-order valence-electron chi connectivity index (χ1n) is 10.9. The summed E-state index contributed by atoms with van der Waals surface area (Å²) >= 11 is 6.19. The minimum atomic E-state index is -6.36. The molecule has 0 atom stereocenters. The Morgan fingerprint density at radius 1 is 0.974 bits per heavy atom. The summed E-state index contributed by atoms with van der Waals surface area (Å²) in [5, 5.41) is -4.41. The Bertz CT molecular complexity index is 1620. The maximum Gasteiger partial charge on any atom is 0.429 e. The second-order valence-electron chi connectivity index (χ2n) is 8.37. The molecule has 0 bridgehead atoms. The molecule has 0 radical (unpaired) electrons. The highest BCUT2D eigenvalue weighted by molar-refractivity contribution is 14.1. The SMILES string of the molecule is C=Cc1cc(I)c2cc(OC(=O)c3c(I)c(I)cc4c3CCCC4)c(OC(=O)C(F)(F)S(=O)(=O)[O-])cc2c1. The Kier molecular flexibility index (Phi) is 8.71. The van der Waals surface area contributed by atoms with Crippen LogP contribution >= 0.6 is 67.8 Å². The van der Waals surface area contributed by atoms with Gasteiger partial charge in [-0.3, -0.25) is 0 Å². The van der Waals surface area contributed by atoms with Gasteiger partial charge in [-0.15, -0.1) is 0 Å². The molecule has 200 valence electrons. The topological polar surface area (TPSA) is 110 Å². The molecule has 0 N–H and O–H groups in total. The molecular formula is C25H16F2I3O7S-. The van der Waals surface area contributed by atoms with Gasteiger partial charge in [-0.25, -0.2) is 18.0 Å². The largest absolute Gasteiger partial charge is 0.743 e. The molecule has 0 aromatic heterocycles. The summed E-state index contributed by atoms with van der Waals surface area (Å²) in [6.07, 6.45) is 4.85. The molecule has 1 aliphatic carbocycles. The highest BCUT2D eigenvalue weighted by Crippen LogP contribution is 2.39. The van der Waals surface area contributed by atoms with Crippen LogP contribution in [0.4, 0.5) is 8.78 Å². The highest BCUT2D eigenvalue weighted by Gasteiger charge is 2.49. The fourth-order valence-electron chi connectivity index (χ4n) is 4.09. The van der Waals surface area contributed by atoms with Crippen molar-refractivity contribution in [2.45, 2.75) is 30.9 Å². The quantitative estimate of drug-likeness (QED) is 0.122. The summed E-state index contributed by atoms with van der Waals surface area (Å²) in [4.78, 5) is 25.6. The highest BCUT2D eigenvalue weighted by atomic mass is 127. The first-order valence-corrected chi connectivity index (χ1v) is 15.6. The molecule has 0 aliphatic heterocycles. The van der Waals surface area contributed by atoms with E-state index in [1.54, 1.807) is 18.2 Å². The Hall–Kier alpha value is -1.44. The van der Waals surface area contributed by atoms with Crippen LogP contribution in [0, 0.1) is 10.7 Å². The zero-order valence-electron chi connectivity index (χ0n) is 19.2. The molecule has 0 heterocycles. The lowest BCUT2D eigenvalue weighted by Crippen LogP contribution is -2.40. The molecule has 3 aromatic rings. The number of rotatable bonds is 6. The van der Waals surface area contributed by atoms with Crippen molar-refractivity contribution in [2.75, 3.05) is 0 Å². The van der Waals surface area contributed by atoms with Gasteiger partial charge in [-0.1, -0.05) is 12.7 Å². The van der Waals surface area contributed by atoms with Crippen LogP contribution in [-0.2, 0) is 27.8 Å². The summed E-state index contributed by atoms with van der Waals surface area (Å²) in [7, 11) is -6.36. The van der Waals surface area contributed by atoms with E-state index in [9.17, 15) is 31.3 Å². The minimum absolute atomic E-state index is 0.328. The van der Waals surface area contributed by atoms with E-state index >= 15 is 0 Å². The molecule has 38 heavy (non-hydrogen) atoms. The number of aryl methyl sites for hydroxylation is 1. The molecule has 0 saturated heterocycles. The smallest absolute Gasteiger partial charge is 0.429 e. The van der Waals surface area contributed by atoms with Crippen LogP contribution in [-0.4, -0.2) is 30.2 Å². The molecule has 0 saturated carbocycles. The van der Waals surface area contributed by atoms with Crippen molar-refractivity contribution in [3.8, 4) is 11.5 Å². The van der Waals surface area contributed by atoms with Crippen molar-refractivity contribution in [1.82, 2.24) is 0 Å². The fraction of sp³-hybridized carbons (Fsp3) is 0.200. The van der Waals surface area contributed by atoms with Gasteiger partial charge in [0.05, 0.1) is 5.56 Å². The van der Waals surface area contributed by atoms with Gasteiger partial charge in [0.2, 0.25) is 0 Å². The fourth-order valence-corrected chi connectivity index (χ4v) is 6.51. The number of esters is 2. The molecule has 3 aromatic carbocycles. The van der Waals surface area contributed by atoms with Gasteiger partial charge >= 0.3 is 17.2 Å². The van der Waals surface area contributed by atoms with Crippen molar-refractivity contribution in [3.05, 3.63) is 69.9 Å². The predicted molar refractivity (Wildman–Crippen MR) is 161 cm³/mol. The van der Waals surface area contributed by atoms with Crippen molar-refractivity contribution in [2.24, 2.45) is 0 Å². The van der Waals surface area contributed by atoms with Crippen LogP contribution < -0.4 is 9.47 Å². The third-order valence-corrected chi connectivity index (χ3v) is 10.6. The Morgan fingerprint density at radius 3 is 2.29 bits per heavy atom. The third kappa shape index (κ3) is 5.71. The Morgan fingerprint density at radius 2 is 1.63 bits per heavy atom. The first-order chi connectivity index (χ1) is 17.7. The van der Waals surface area contributed by atoms with Gasteiger partial charge in [0.25, 0.3) is 0 Å². The Labute approximate surface area is 257 Å². The standard InChI is InChI=1S/C25H17F2I3O7S/c1-2-12-7-14-10-19(37-24(32)25(26,27)38(33,34)35)20(11-16(14)17(28)8-12)36-23(31)21-15-6-4-3-5-13(15)9-18(29)22(21)30/h2,7-11H,1,3-6H2,(H,33,34,35)/p-1. The van der Waals surface area contributed by atoms with E-state index in [1.165, 1.54) is 6.07 Å². The van der Waals surface area contributed by atoms with Crippen molar-refractivity contribution in [3.63, 3.8) is 0 Å². The molecule has 1 aliphatic rings. The van der Waals surface area contributed by atoms with Gasteiger partial charge in [0.15, 0.2) is 21.6 Å². The summed E-state index contributed by atoms with van der Waals surface area (Å²) in [6.45, 7) is 3.69. The van der Waals surface area contributed by atoms with Gasteiger partial charge in [-0.05, 0) is 151 Å². The molecule has 0 amide bonds. The molecule has 0 spiro atoms. The number of ether oxygens (including phenoxy) is 2. The normalized spacial score (nSPS) is 13.6. The van der Waals surface area contributed by atoms with Crippen LogP contribution in [0.15, 0.2) is 36.9 Å². The zero-order chi connectivity index (χ0) is 28.0. The summed E-state index contributed by atoms with van der Waals surface area (Å²) in [6, 6.07) is 7.91. The monoisotopic (exact) mass is 879 g/mol. The van der Waals surface area contributed by atoms with E-state index < -0.39 is 38.8 Å². The number of halogens is 5. The lowest BCUT2D eigenvalue weighted by atomic mass is 9.88. The molecule has 4 rings (SSSR count). The number of carbonyl (C=O) groups excluding carboxylic acids is 2. The van der Waals surface area contributed by atoms with Crippen molar-refractivity contribution < 1.29 is 40.8 Å². The number of alkyl halides is 2. The second kappa shape index (κ2) is 11.2. The molecule has 0 unspecified atom stereocenters. The number of benzene rings is 3. The number of hydrogen-bond donors (Lipinski definition) is 0. The van der Waals surface area contributed by atoms with Crippen LogP contribution in [0.5, 0.6) is 11.5 Å². The number of carbonyl (C=O) groups is 2. The second-order valence-corrected chi connectivity index (χ2v) is 13.2. The third-order valence-electron chi connectivity index (χ3n) is 5.93. The van der Waals surface area contributed by atoms with Gasteiger partial charge in [-0.2, -0.15) is 8.78 Å². The van der Waals surface area contributed by atoms with Crippen LogP contribution in [0.1, 0.15) is 39.9 Å². The van der Waals surface area contributed by atoms with E-state index in [2.05, 4.69) is 33.9 Å². The predicted octanol–water partition coefficient (Wildman–Crippen LogP) is 6.44. The van der Waals surface area contributed by atoms with Crippen molar-refractivity contribution >= 4 is 107 Å². The van der Waals surface area contributed by atoms with E-state index in [0.717, 1.165) is 40.0 Å². The summed E-state index contributed by atoms with van der Waals surface area (Å²) < 4.78 is 73.3. The van der Waals surface area contributed by atoms with E-state index in [0.29, 0.717) is 35.5 Å². The van der Waals surface area contributed by atoms with Gasteiger partial charge < -0.3 is 14.0 Å². The first kappa shape index (κ1) is 29.5. The Balaban J connectivity index is 1.85. The summed E-state index contributed by atoms with van der Waals surface area (Å²) in [5.74, 6) is -4.44. The zero-order valence-corrected chi connectivity index (χ0v) is 26.4. The molecule has 0 fully saturated rings. The number of fused-ring (bicyclic) bond motifs is 2. The van der Waals surface area contributed by atoms with Crippen molar-refractivity contribution in [1.29, 1.82) is 0 Å².